The maximum Gasteiger partial charge on any atom is 0.305 e. The highest BCUT2D eigenvalue weighted by atomic mass is 32.2. The molecule has 0 spiro atoms. The number of aryl methyl sites for hydroxylation is 1. The van der Waals surface area contributed by atoms with Gasteiger partial charge in [-0.05, 0) is 42.5 Å². The summed E-state index contributed by atoms with van der Waals surface area (Å²) < 4.78 is 37.2. The number of carbonyl (C=O) groups is 1. The van der Waals surface area contributed by atoms with E-state index < -0.39 is 10.1 Å². The number of esters is 1. The zero-order valence-corrected chi connectivity index (χ0v) is 14.6. The largest absolute Gasteiger partial charge is 0.494 e. The molecule has 0 fully saturated rings. The second-order valence-corrected chi connectivity index (χ2v) is 6.83. The Kier molecular flexibility index (Phi) is 8.05. The van der Waals surface area contributed by atoms with Crippen LogP contribution in [0.25, 0.3) is 0 Å². The predicted molar refractivity (Wildman–Crippen MR) is 86.8 cm³/mol. The molecule has 6 nitrogen and oxygen atoms in total. The lowest BCUT2D eigenvalue weighted by molar-refractivity contribution is -0.140. The molecule has 130 valence electrons. The molecule has 0 heterocycles. The smallest absolute Gasteiger partial charge is 0.305 e. The SMILES string of the molecule is CCc1cc(COS(C)(=O)=O)cc(OCCCCC(=O)OC)c1. The van der Waals surface area contributed by atoms with Gasteiger partial charge in [0.2, 0.25) is 0 Å². The topological polar surface area (TPSA) is 78.9 Å². The third-order valence-electron chi connectivity index (χ3n) is 3.15. The van der Waals surface area contributed by atoms with E-state index in [0.717, 1.165) is 30.2 Å². The van der Waals surface area contributed by atoms with Gasteiger partial charge in [-0.15, -0.1) is 0 Å². The van der Waals surface area contributed by atoms with Crippen LogP contribution < -0.4 is 4.74 Å². The number of hydrogen-bond donors (Lipinski definition) is 0. The summed E-state index contributed by atoms with van der Waals surface area (Å²) in [7, 11) is -2.10. The molecule has 1 aromatic carbocycles. The quantitative estimate of drug-likeness (QED) is 0.368. The minimum atomic E-state index is -3.47. The predicted octanol–water partition coefficient (Wildman–Crippen LogP) is 2.45. The fraction of sp³-hybridized carbons (Fsp3) is 0.562. The summed E-state index contributed by atoms with van der Waals surface area (Å²) in [6.45, 7) is 2.48. The van der Waals surface area contributed by atoms with Gasteiger partial charge in [0.15, 0.2) is 0 Å². The first-order chi connectivity index (χ1) is 10.8. The van der Waals surface area contributed by atoms with Crippen molar-refractivity contribution in [1.82, 2.24) is 0 Å². The molecule has 0 unspecified atom stereocenters. The van der Waals surface area contributed by atoms with Crippen LogP contribution in [0, 0.1) is 0 Å². The highest BCUT2D eigenvalue weighted by Crippen LogP contribution is 2.19. The summed E-state index contributed by atoms with van der Waals surface area (Å²) in [4.78, 5) is 11.0. The molecule has 0 saturated heterocycles. The Labute approximate surface area is 137 Å². The first-order valence-electron chi connectivity index (χ1n) is 7.51. The minimum Gasteiger partial charge on any atom is -0.494 e. The van der Waals surface area contributed by atoms with Crippen molar-refractivity contribution >= 4 is 16.1 Å². The number of benzene rings is 1. The normalized spacial score (nSPS) is 11.3. The van der Waals surface area contributed by atoms with Crippen LogP contribution in [0.15, 0.2) is 18.2 Å². The fourth-order valence-corrected chi connectivity index (χ4v) is 2.29. The zero-order chi connectivity index (χ0) is 17.3. The molecule has 1 aromatic rings. The average molecular weight is 344 g/mol. The van der Waals surface area contributed by atoms with Crippen LogP contribution in [0.2, 0.25) is 0 Å². The van der Waals surface area contributed by atoms with Crippen molar-refractivity contribution in [3.05, 3.63) is 29.3 Å². The molecule has 0 aliphatic heterocycles. The standard InChI is InChI=1S/C16H24O6S/c1-4-13-9-14(12-22-23(3,18)19)11-15(10-13)21-8-6-5-7-16(17)20-2/h9-11H,4-8,12H2,1-3H3. The molecular weight excluding hydrogens is 320 g/mol. The van der Waals surface area contributed by atoms with Gasteiger partial charge in [-0.25, -0.2) is 0 Å². The summed E-state index contributed by atoms with van der Waals surface area (Å²) in [5.41, 5.74) is 1.79. The van der Waals surface area contributed by atoms with E-state index in [9.17, 15) is 13.2 Å². The van der Waals surface area contributed by atoms with E-state index in [4.69, 9.17) is 8.92 Å². The molecule has 23 heavy (non-hydrogen) atoms. The number of ether oxygens (including phenoxy) is 2. The van der Waals surface area contributed by atoms with Crippen molar-refractivity contribution in [2.45, 2.75) is 39.2 Å². The molecule has 0 aromatic heterocycles. The van der Waals surface area contributed by atoms with Crippen LogP contribution in [-0.4, -0.2) is 34.4 Å². The Morgan fingerprint density at radius 2 is 1.83 bits per heavy atom. The second-order valence-electron chi connectivity index (χ2n) is 5.19. The van der Waals surface area contributed by atoms with Gasteiger partial charge in [-0.2, -0.15) is 8.42 Å². The maximum atomic E-state index is 11.1. The van der Waals surface area contributed by atoms with Crippen molar-refractivity contribution < 1.29 is 26.9 Å². The molecule has 0 aliphatic rings. The number of unbranched alkanes of at least 4 members (excludes halogenated alkanes) is 1. The molecular formula is C16H24O6S. The number of hydrogen-bond acceptors (Lipinski definition) is 6. The third-order valence-corrected chi connectivity index (χ3v) is 3.69. The van der Waals surface area contributed by atoms with Gasteiger partial charge in [-0.3, -0.25) is 8.98 Å². The first-order valence-corrected chi connectivity index (χ1v) is 9.32. The summed E-state index contributed by atoms with van der Waals surface area (Å²) in [5.74, 6) is 0.452. The van der Waals surface area contributed by atoms with Gasteiger partial charge >= 0.3 is 5.97 Å². The lowest BCUT2D eigenvalue weighted by Crippen LogP contribution is -2.05. The Morgan fingerprint density at radius 1 is 1.13 bits per heavy atom. The van der Waals surface area contributed by atoms with Crippen LogP contribution in [0.3, 0.4) is 0 Å². The molecule has 0 atom stereocenters. The van der Waals surface area contributed by atoms with Gasteiger partial charge in [0.25, 0.3) is 10.1 Å². The van der Waals surface area contributed by atoms with Crippen LogP contribution in [0.5, 0.6) is 5.75 Å². The van der Waals surface area contributed by atoms with E-state index in [1.165, 1.54) is 7.11 Å². The average Bonchev–Trinajstić information content (AvgIpc) is 2.51. The summed E-state index contributed by atoms with van der Waals surface area (Å²) in [6.07, 6.45) is 3.65. The van der Waals surface area contributed by atoms with Gasteiger partial charge in [0.1, 0.15) is 5.75 Å². The van der Waals surface area contributed by atoms with E-state index in [-0.39, 0.29) is 12.6 Å². The molecule has 1 rings (SSSR count). The Bertz CT molecular complexity index is 609. The van der Waals surface area contributed by atoms with Crippen LogP contribution in [0.1, 0.15) is 37.3 Å². The van der Waals surface area contributed by atoms with Gasteiger partial charge in [0.05, 0.1) is 26.6 Å². The van der Waals surface area contributed by atoms with E-state index in [2.05, 4.69) is 4.74 Å². The highest BCUT2D eigenvalue weighted by Gasteiger charge is 2.06. The minimum absolute atomic E-state index is 0.00856. The van der Waals surface area contributed by atoms with Gasteiger partial charge < -0.3 is 9.47 Å². The van der Waals surface area contributed by atoms with Crippen molar-refractivity contribution in [3.63, 3.8) is 0 Å². The van der Waals surface area contributed by atoms with Gasteiger partial charge in [0, 0.05) is 6.42 Å². The summed E-state index contributed by atoms with van der Waals surface area (Å²) >= 11 is 0. The first kappa shape index (κ1) is 19.4. The molecule has 7 heteroatoms. The Balaban J connectivity index is 2.55. The van der Waals surface area contributed by atoms with Gasteiger partial charge in [-0.1, -0.05) is 13.0 Å². The Hall–Kier alpha value is -1.60. The second kappa shape index (κ2) is 9.52. The Morgan fingerprint density at radius 3 is 2.43 bits per heavy atom. The molecule has 0 radical (unpaired) electrons. The molecule has 0 aliphatic carbocycles. The molecule has 0 amide bonds. The van der Waals surface area contributed by atoms with E-state index in [0.29, 0.717) is 25.2 Å². The zero-order valence-electron chi connectivity index (χ0n) is 13.8. The van der Waals surface area contributed by atoms with E-state index in [1.54, 1.807) is 6.07 Å². The number of rotatable bonds is 10. The number of carbonyl (C=O) groups excluding carboxylic acids is 1. The molecule has 0 N–H and O–H groups in total. The van der Waals surface area contributed by atoms with Crippen molar-refractivity contribution in [1.29, 1.82) is 0 Å². The van der Waals surface area contributed by atoms with E-state index >= 15 is 0 Å². The van der Waals surface area contributed by atoms with Crippen LogP contribution in [0.4, 0.5) is 0 Å². The van der Waals surface area contributed by atoms with Crippen LogP contribution >= 0.6 is 0 Å². The lowest BCUT2D eigenvalue weighted by atomic mass is 10.1. The van der Waals surface area contributed by atoms with Crippen molar-refractivity contribution in [2.24, 2.45) is 0 Å². The monoisotopic (exact) mass is 344 g/mol. The summed E-state index contributed by atoms with van der Waals surface area (Å²) in [6, 6.07) is 5.59. The molecule has 0 bridgehead atoms. The number of methoxy groups -OCH3 is 1. The fourth-order valence-electron chi connectivity index (χ4n) is 1.94. The lowest BCUT2D eigenvalue weighted by Gasteiger charge is -2.10. The highest BCUT2D eigenvalue weighted by molar-refractivity contribution is 7.85. The third kappa shape index (κ3) is 8.56. The van der Waals surface area contributed by atoms with E-state index in [1.807, 2.05) is 19.1 Å². The maximum absolute atomic E-state index is 11.1. The van der Waals surface area contributed by atoms with Crippen molar-refractivity contribution in [2.75, 3.05) is 20.0 Å². The molecule has 0 saturated carbocycles. The summed E-state index contributed by atoms with van der Waals surface area (Å²) in [5, 5.41) is 0. The van der Waals surface area contributed by atoms with Crippen LogP contribution in [-0.2, 0) is 36.9 Å². The van der Waals surface area contributed by atoms with Crippen molar-refractivity contribution in [3.8, 4) is 5.75 Å².